The van der Waals surface area contributed by atoms with Gasteiger partial charge in [-0.15, -0.1) is 11.8 Å². The first-order chi connectivity index (χ1) is 10.2. The molecule has 0 aromatic heterocycles. The van der Waals surface area contributed by atoms with Gasteiger partial charge in [0.05, 0.1) is 11.7 Å². The molecule has 0 aliphatic carbocycles. The molecule has 3 rings (SSSR count). The molecule has 116 valence electrons. The third kappa shape index (κ3) is 3.81. The summed E-state index contributed by atoms with van der Waals surface area (Å²) in [6, 6.07) is 8.27. The molecule has 0 radical (unpaired) electrons. The SMILES string of the molecule is CC(O)c1cccc(SC2CCOC3(CCOCC3)C2)c1. The highest BCUT2D eigenvalue weighted by Crippen LogP contribution is 2.41. The molecule has 2 unspecified atom stereocenters. The summed E-state index contributed by atoms with van der Waals surface area (Å²) in [5, 5.41) is 10.3. The van der Waals surface area contributed by atoms with Crippen LogP contribution in [-0.2, 0) is 9.47 Å². The van der Waals surface area contributed by atoms with Crippen molar-refractivity contribution in [2.75, 3.05) is 19.8 Å². The summed E-state index contributed by atoms with van der Waals surface area (Å²) in [4.78, 5) is 1.25. The standard InChI is InChI=1S/C17H24O3S/c1-13(18)14-3-2-4-15(11-14)21-16-5-8-20-17(12-16)6-9-19-10-7-17/h2-4,11,13,16,18H,5-10,12H2,1H3. The summed E-state index contributed by atoms with van der Waals surface area (Å²) >= 11 is 1.93. The highest BCUT2D eigenvalue weighted by molar-refractivity contribution is 8.00. The number of hydrogen-bond donors (Lipinski definition) is 1. The molecule has 2 heterocycles. The first-order valence-electron chi connectivity index (χ1n) is 7.83. The zero-order chi connectivity index (χ0) is 14.7. The van der Waals surface area contributed by atoms with Crippen LogP contribution in [0.15, 0.2) is 29.2 Å². The summed E-state index contributed by atoms with van der Waals surface area (Å²) in [6.07, 6.45) is 3.86. The van der Waals surface area contributed by atoms with Gasteiger partial charge in [-0.1, -0.05) is 12.1 Å². The fraction of sp³-hybridized carbons (Fsp3) is 0.647. The third-order valence-corrected chi connectivity index (χ3v) is 5.76. The van der Waals surface area contributed by atoms with E-state index in [1.54, 1.807) is 0 Å². The Kier molecular flexibility index (Phi) is 4.89. The number of ether oxygens (including phenoxy) is 2. The van der Waals surface area contributed by atoms with E-state index in [2.05, 4.69) is 12.1 Å². The van der Waals surface area contributed by atoms with Crippen LogP contribution in [-0.4, -0.2) is 35.8 Å². The Hall–Kier alpha value is -0.550. The molecule has 2 saturated heterocycles. The van der Waals surface area contributed by atoms with Gasteiger partial charge >= 0.3 is 0 Å². The van der Waals surface area contributed by atoms with Crippen LogP contribution in [0.25, 0.3) is 0 Å². The normalized spacial score (nSPS) is 26.7. The molecule has 1 N–H and O–H groups in total. The van der Waals surface area contributed by atoms with Crippen LogP contribution in [0.5, 0.6) is 0 Å². The number of aliphatic hydroxyl groups excluding tert-OH is 1. The van der Waals surface area contributed by atoms with E-state index in [0.29, 0.717) is 5.25 Å². The van der Waals surface area contributed by atoms with E-state index in [1.165, 1.54) is 4.90 Å². The van der Waals surface area contributed by atoms with Crippen molar-refractivity contribution >= 4 is 11.8 Å². The van der Waals surface area contributed by atoms with Gasteiger partial charge in [0.2, 0.25) is 0 Å². The van der Waals surface area contributed by atoms with Crippen LogP contribution in [0.3, 0.4) is 0 Å². The fourth-order valence-electron chi connectivity index (χ4n) is 3.22. The topological polar surface area (TPSA) is 38.7 Å². The first kappa shape index (κ1) is 15.3. The van der Waals surface area contributed by atoms with E-state index in [0.717, 1.165) is 51.1 Å². The van der Waals surface area contributed by atoms with Crippen molar-refractivity contribution in [2.45, 2.75) is 54.5 Å². The lowest BCUT2D eigenvalue weighted by atomic mass is 9.86. The Morgan fingerprint density at radius 1 is 1.29 bits per heavy atom. The van der Waals surface area contributed by atoms with Gasteiger partial charge in [0, 0.05) is 30.0 Å². The van der Waals surface area contributed by atoms with Gasteiger partial charge in [-0.25, -0.2) is 0 Å². The van der Waals surface area contributed by atoms with E-state index in [-0.39, 0.29) is 5.60 Å². The molecule has 3 nitrogen and oxygen atoms in total. The average molecular weight is 308 g/mol. The van der Waals surface area contributed by atoms with E-state index < -0.39 is 6.10 Å². The predicted octanol–water partition coefficient (Wildman–Crippen LogP) is 3.56. The summed E-state index contributed by atoms with van der Waals surface area (Å²) in [5.74, 6) is 0. The van der Waals surface area contributed by atoms with Crippen molar-refractivity contribution < 1.29 is 14.6 Å². The van der Waals surface area contributed by atoms with Crippen LogP contribution < -0.4 is 0 Å². The Morgan fingerprint density at radius 3 is 2.86 bits per heavy atom. The molecule has 0 amide bonds. The van der Waals surface area contributed by atoms with E-state index in [4.69, 9.17) is 9.47 Å². The molecule has 21 heavy (non-hydrogen) atoms. The molecule has 4 heteroatoms. The zero-order valence-corrected chi connectivity index (χ0v) is 13.4. The van der Waals surface area contributed by atoms with E-state index in [9.17, 15) is 5.11 Å². The highest BCUT2D eigenvalue weighted by atomic mass is 32.2. The van der Waals surface area contributed by atoms with Crippen LogP contribution in [0, 0.1) is 0 Å². The van der Waals surface area contributed by atoms with E-state index >= 15 is 0 Å². The van der Waals surface area contributed by atoms with Gasteiger partial charge in [-0.2, -0.15) is 0 Å². The van der Waals surface area contributed by atoms with Crippen molar-refractivity contribution in [3.63, 3.8) is 0 Å². The van der Waals surface area contributed by atoms with Gasteiger partial charge in [0.1, 0.15) is 0 Å². The minimum atomic E-state index is -0.401. The Balaban J connectivity index is 1.65. The molecule has 2 fully saturated rings. The van der Waals surface area contributed by atoms with Crippen molar-refractivity contribution in [3.8, 4) is 0 Å². The second kappa shape index (κ2) is 6.69. The highest BCUT2D eigenvalue weighted by Gasteiger charge is 2.39. The van der Waals surface area contributed by atoms with Crippen LogP contribution in [0.2, 0.25) is 0 Å². The zero-order valence-electron chi connectivity index (χ0n) is 12.6. The minimum Gasteiger partial charge on any atom is -0.389 e. The number of benzene rings is 1. The Bertz CT molecular complexity index is 463. The largest absolute Gasteiger partial charge is 0.389 e. The van der Waals surface area contributed by atoms with Gasteiger partial charge in [0.15, 0.2) is 0 Å². The van der Waals surface area contributed by atoms with Crippen molar-refractivity contribution in [1.29, 1.82) is 0 Å². The van der Waals surface area contributed by atoms with Gasteiger partial charge in [-0.3, -0.25) is 0 Å². The lowest BCUT2D eigenvalue weighted by molar-refractivity contribution is -0.131. The lowest BCUT2D eigenvalue weighted by Gasteiger charge is -2.43. The number of rotatable bonds is 3. The quantitative estimate of drug-likeness (QED) is 0.926. The Labute approximate surface area is 131 Å². The Morgan fingerprint density at radius 2 is 2.10 bits per heavy atom. The number of aliphatic hydroxyl groups is 1. The molecular weight excluding hydrogens is 284 g/mol. The van der Waals surface area contributed by atoms with Crippen LogP contribution >= 0.6 is 11.8 Å². The van der Waals surface area contributed by atoms with Crippen molar-refractivity contribution in [1.82, 2.24) is 0 Å². The maximum absolute atomic E-state index is 9.71. The van der Waals surface area contributed by atoms with E-state index in [1.807, 2.05) is 30.8 Å². The van der Waals surface area contributed by atoms with Crippen LogP contribution in [0.1, 0.15) is 44.3 Å². The summed E-state index contributed by atoms with van der Waals surface area (Å²) in [5.41, 5.74) is 1.05. The van der Waals surface area contributed by atoms with Crippen molar-refractivity contribution in [3.05, 3.63) is 29.8 Å². The fourth-order valence-corrected chi connectivity index (χ4v) is 4.56. The lowest BCUT2D eigenvalue weighted by Crippen LogP contribution is -2.45. The molecule has 0 bridgehead atoms. The number of thioether (sulfide) groups is 1. The smallest absolute Gasteiger partial charge is 0.0762 e. The molecule has 2 aliphatic rings. The number of hydrogen-bond acceptors (Lipinski definition) is 4. The van der Waals surface area contributed by atoms with Crippen LogP contribution in [0.4, 0.5) is 0 Å². The molecule has 1 spiro atoms. The average Bonchev–Trinajstić information content (AvgIpc) is 2.48. The molecule has 2 atom stereocenters. The maximum atomic E-state index is 9.71. The van der Waals surface area contributed by atoms with Crippen molar-refractivity contribution in [2.24, 2.45) is 0 Å². The maximum Gasteiger partial charge on any atom is 0.0762 e. The molecule has 1 aromatic rings. The minimum absolute atomic E-state index is 0.0516. The molecule has 1 aromatic carbocycles. The van der Waals surface area contributed by atoms with Gasteiger partial charge < -0.3 is 14.6 Å². The second-order valence-corrected chi connectivity index (χ2v) is 7.50. The first-order valence-corrected chi connectivity index (χ1v) is 8.71. The predicted molar refractivity (Wildman–Crippen MR) is 84.7 cm³/mol. The summed E-state index contributed by atoms with van der Waals surface area (Å²) in [6.45, 7) is 4.33. The second-order valence-electron chi connectivity index (χ2n) is 6.12. The summed E-state index contributed by atoms with van der Waals surface area (Å²) < 4.78 is 11.6. The molecule has 0 saturated carbocycles. The van der Waals surface area contributed by atoms with Gasteiger partial charge in [0.25, 0.3) is 0 Å². The molecular formula is C17H24O3S. The molecule has 2 aliphatic heterocycles. The third-order valence-electron chi connectivity index (χ3n) is 4.50. The summed E-state index contributed by atoms with van der Waals surface area (Å²) in [7, 11) is 0. The monoisotopic (exact) mass is 308 g/mol. The van der Waals surface area contributed by atoms with Gasteiger partial charge in [-0.05, 0) is 50.3 Å².